The Labute approximate surface area is 203 Å². The number of hydrogen-bond donors (Lipinski definition) is 7. The number of imidazole rings is 1. The van der Waals surface area contributed by atoms with E-state index in [2.05, 4.69) is 38.5 Å². The van der Waals surface area contributed by atoms with E-state index in [1.54, 1.807) is 13.1 Å². The Morgan fingerprint density at radius 3 is 2.36 bits per heavy atom. The highest BCUT2D eigenvalue weighted by atomic mass is 32.2. The molecule has 0 aromatic carbocycles. The van der Waals surface area contributed by atoms with Crippen LogP contribution < -0.4 is 21.7 Å². The quantitative estimate of drug-likeness (QED) is 0.158. The standard InChI is InChI=1S/C20H34N6O5S2/c1-4-11(2)16(19(29)24-14(20(30)31)5-6-33-3)26-18(28)15(9-32)25-17(27)13(21)7-12-8-22-10-23-12/h8,10-11,13-16,32H,4-7,9,21H2,1-3H3,(H,22,23)(H,24,29)(H,25,27)(H,26,28)(H,30,31). The first-order chi connectivity index (χ1) is 15.6. The molecule has 33 heavy (non-hydrogen) atoms. The summed E-state index contributed by atoms with van der Waals surface area (Å²) in [5.74, 6) is -2.62. The second kappa shape index (κ2) is 14.8. The SMILES string of the molecule is CCC(C)C(NC(=O)C(CS)NC(=O)C(N)Cc1cnc[nH]1)C(=O)NC(CCSC)C(=O)O. The maximum absolute atomic E-state index is 12.8. The third kappa shape index (κ3) is 9.64. The number of carboxylic acids is 1. The number of nitrogens with two attached hydrogens (primary N) is 1. The molecule has 3 amide bonds. The van der Waals surface area contributed by atoms with Crippen molar-refractivity contribution in [3.8, 4) is 0 Å². The summed E-state index contributed by atoms with van der Waals surface area (Å²) in [5, 5.41) is 17.1. The Morgan fingerprint density at radius 2 is 1.85 bits per heavy atom. The van der Waals surface area contributed by atoms with Crippen LogP contribution in [0.25, 0.3) is 0 Å². The number of aliphatic carboxylic acids is 1. The predicted molar refractivity (Wildman–Crippen MR) is 130 cm³/mol. The van der Waals surface area contributed by atoms with Crippen molar-refractivity contribution >= 4 is 48.1 Å². The molecule has 1 heterocycles. The number of nitrogens with one attached hydrogen (secondary N) is 4. The third-order valence-electron chi connectivity index (χ3n) is 5.17. The molecule has 0 spiro atoms. The molecule has 11 nitrogen and oxygen atoms in total. The van der Waals surface area contributed by atoms with Crippen LogP contribution in [0.2, 0.25) is 0 Å². The maximum Gasteiger partial charge on any atom is 0.326 e. The summed E-state index contributed by atoms with van der Waals surface area (Å²) in [7, 11) is 0. The zero-order chi connectivity index (χ0) is 25.0. The molecule has 7 N–H and O–H groups in total. The van der Waals surface area contributed by atoms with Gasteiger partial charge in [0, 0.05) is 24.1 Å². The molecule has 0 radical (unpaired) electrons. The van der Waals surface area contributed by atoms with Gasteiger partial charge in [0.15, 0.2) is 0 Å². The van der Waals surface area contributed by atoms with Crippen molar-refractivity contribution in [1.29, 1.82) is 0 Å². The van der Waals surface area contributed by atoms with Crippen molar-refractivity contribution in [3.63, 3.8) is 0 Å². The van der Waals surface area contributed by atoms with Crippen LogP contribution in [0.5, 0.6) is 0 Å². The third-order valence-corrected chi connectivity index (χ3v) is 6.17. The number of carboxylic acid groups (broad SMARTS) is 1. The fraction of sp³-hybridized carbons (Fsp3) is 0.650. The summed E-state index contributed by atoms with van der Waals surface area (Å²) in [4.78, 5) is 56.3. The molecular weight excluding hydrogens is 468 g/mol. The number of thiol groups is 1. The van der Waals surface area contributed by atoms with E-state index in [1.807, 2.05) is 13.2 Å². The summed E-state index contributed by atoms with van der Waals surface area (Å²) >= 11 is 5.61. The Balaban J connectivity index is 2.82. The van der Waals surface area contributed by atoms with Gasteiger partial charge in [0.1, 0.15) is 18.1 Å². The van der Waals surface area contributed by atoms with Crippen LogP contribution in [-0.2, 0) is 25.6 Å². The molecular formula is C20H34N6O5S2. The van der Waals surface area contributed by atoms with E-state index in [0.29, 0.717) is 17.9 Å². The smallest absolute Gasteiger partial charge is 0.326 e. The van der Waals surface area contributed by atoms with Crippen LogP contribution in [0.1, 0.15) is 32.4 Å². The molecule has 0 bridgehead atoms. The van der Waals surface area contributed by atoms with Gasteiger partial charge < -0.3 is 31.8 Å². The number of hydrogen-bond acceptors (Lipinski definition) is 8. The van der Waals surface area contributed by atoms with E-state index in [1.165, 1.54) is 18.1 Å². The monoisotopic (exact) mass is 502 g/mol. The second-order valence-electron chi connectivity index (χ2n) is 7.68. The summed E-state index contributed by atoms with van der Waals surface area (Å²) < 4.78 is 0. The summed E-state index contributed by atoms with van der Waals surface area (Å²) in [5.41, 5.74) is 6.59. The van der Waals surface area contributed by atoms with E-state index in [4.69, 9.17) is 5.73 Å². The predicted octanol–water partition coefficient (Wildman–Crippen LogP) is -0.452. The molecule has 1 rings (SSSR count). The zero-order valence-electron chi connectivity index (χ0n) is 19.0. The zero-order valence-corrected chi connectivity index (χ0v) is 20.7. The molecule has 0 aliphatic carbocycles. The van der Waals surface area contributed by atoms with E-state index < -0.39 is 47.9 Å². The van der Waals surface area contributed by atoms with Crippen LogP contribution in [0.4, 0.5) is 0 Å². The molecule has 1 aromatic rings. The van der Waals surface area contributed by atoms with Crippen molar-refractivity contribution in [2.75, 3.05) is 17.8 Å². The maximum atomic E-state index is 12.8. The molecule has 186 valence electrons. The average Bonchev–Trinajstić information content (AvgIpc) is 3.30. The summed E-state index contributed by atoms with van der Waals surface area (Å²) in [6.45, 7) is 3.63. The minimum atomic E-state index is -1.14. The molecule has 0 aliphatic rings. The van der Waals surface area contributed by atoms with Crippen LogP contribution in [0.3, 0.4) is 0 Å². The Hall–Kier alpha value is -2.25. The first-order valence-electron chi connectivity index (χ1n) is 10.6. The number of H-pyrrole nitrogens is 1. The Bertz CT molecular complexity index is 779. The van der Waals surface area contributed by atoms with E-state index in [-0.39, 0.29) is 24.5 Å². The fourth-order valence-corrected chi connectivity index (χ4v) is 3.64. The van der Waals surface area contributed by atoms with Gasteiger partial charge in [-0.2, -0.15) is 24.4 Å². The van der Waals surface area contributed by atoms with Gasteiger partial charge in [0.25, 0.3) is 0 Å². The summed E-state index contributed by atoms with van der Waals surface area (Å²) in [6, 6.07) is -3.98. The van der Waals surface area contributed by atoms with Crippen molar-refractivity contribution in [3.05, 3.63) is 18.2 Å². The minimum Gasteiger partial charge on any atom is -0.480 e. The average molecular weight is 503 g/mol. The highest BCUT2D eigenvalue weighted by Crippen LogP contribution is 2.10. The number of aromatic amines is 1. The Kier molecular flexibility index (Phi) is 12.9. The number of rotatable bonds is 15. The normalized spacial score (nSPS) is 15.5. The van der Waals surface area contributed by atoms with Crippen LogP contribution in [-0.4, -0.2) is 80.7 Å². The van der Waals surface area contributed by atoms with Crippen molar-refractivity contribution < 1.29 is 24.3 Å². The lowest BCUT2D eigenvalue weighted by Gasteiger charge is -2.27. The lowest BCUT2D eigenvalue weighted by atomic mass is 9.97. The topological polar surface area (TPSA) is 179 Å². The Morgan fingerprint density at radius 1 is 1.18 bits per heavy atom. The van der Waals surface area contributed by atoms with Gasteiger partial charge in [-0.25, -0.2) is 9.78 Å². The van der Waals surface area contributed by atoms with Crippen LogP contribution in [0.15, 0.2) is 12.5 Å². The van der Waals surface area contributed by atoms with E-state index >= 15 is 0 Å². The molecule has 0 saturated carbocycles. The van der Waals surface area contributed by atoms with Gasteiger partial charge in [-0.1, -0.05) is 20.3 Å². The first-order valence-corrected chi connectivity index (χ1v) is 12.6. The highest BCUT2D eigenvalue weighted by molar-refractivity contribution is 7.98. The van der Waals surface area contributed by atoms with E-state index in [0.717, 1.165) is 0 Å². The molecule has 0 saturated heterocycles. The molecule has 0 aliphatic heterocycles. The molecule has 1 aromatic heterocycles. The number of nitrogens with zero attached hydrogens (tertiary/aromatic N) is 1. The highest BCUT2D eigenvalue weighted by Gasteiger charge is 2.32. The van der Waals surface area contributed by atoms with Gasteiger partial charge in [-0.05, 0) is 24.3 Å². The van der Waals surface area contributed by atoms with Crippen LogP contribution >= 0.6 is 24.4 Å². The largest absolute Gasteiger partial charge is 0.480 e. The molecule has 0 fully saturated rings. The van der Waals surface area contributed by atoms with Crippen LogP contribution in [0, 0.1) is 5.92 Å². The number of thioether (sulfide) groups is 1. The number of amides is 3. The first kappa shape index (κ1) is 28.8. The van der Waals surface area contributed by atoms with Gasteiger partial charge >= 0.3 is 5.97 Å². The molecule has 5 unspecified atom stereocenters. The fourth-order valence-electron chi connectivity index (χ4n) is 2.91. The van der Waals surface area contributed by atoms with Gasteiger partial charge in [0.2, 0.25) is 17.7 Å². The number of carbonyl (C=O) groups is 4. The van der Waals surface area contributed by atoms with Crippen molar-refractivity contribution in [2.45, 2.75) is 57.3 Å². The molecule has 13 heteroatoms. The van der Waals surface area contributed by atoms with Gasteiger partial charge in [0.05, 0.1) is 12.4 Å². The second-order valence-corrected chi connectivity index (χ2v) is 9.03. The van der Waals surface area contributed by atoms with Crippen molar-refractivity contribution in [2.24, 2.45) is 11.7 Å². The number of aromatic nitrogens is 2. The minimum absolute atomic E-state index is 0.0192. The van der Waals surface area contributed by atoms with E-state index in [9.17, 15) is 24.3 Å². The van der Waals surface area contributed by atoms with Gasteiger partial charge in [-0.3, -0.25) is 14.4 Å². The number of carbonyl (C=O) groups excluding carboxylic acids is 3. The molecule has 5 atom stereocenters. The lowest BCUT2D eigenvalue weighted by Crippen LogP contribution is -2.59. The van der Waals surface area contributed by atoms with Gasteiger partial charge in [-0.15, -0.1) is 0 Å². The van der Waals surface area contributed by atoms with Crippen molar-refractivity contribution in [1.82, 2.24) is 25.9 Å². The lowest BCUT2D eigenvalue weighted by molar-refractivity contribution is -0.142. The summed E-state index contributed by atoms with van der Waals surface area (Å²) in [6.07, 6.45) is 5.89.